The molecule has 0 radical (unpaired) electrons. The minimum Gasteiger partial charge on any atom is -0.496 e. The van der Waals surface area contributed by atoms with Crippen LogP contribution in [-0.2, 0) is 11.2 Å². The monoisotopic (exact) mass is 276 g/mol. The molecular weight excluding hydrogens is 256 g/mol. The Morgan fingerprint density at radius 1 is 1.40 bits per heavy atom. The second kappa shape index (κ2) is 7.10. The average Bonchev–Trinajstić information content (AvgIpc) is 2.49. The number of carbonyl (C=O) groups excluding carboxylic acids is 1. The maximum absolute atomic E-state index is 11.1. The molecule has 2 rings (SSSR count). The first-order valence-electron chi connectivity index (χ1n) is 6.83. The summed E-state index contributed by atoms with van der Waals surface area (Å²) in [5.74, 6) is 1.21. The largest absolute Gasteiger partial charge is 0.496 e. The third-order valence-corrected chi connectivity index (χ3v) is 3.30. The predicted octanol–water partition coefficient (Wildman–Crippen LogP) is 3.14. The molecule has 1 fully saturated rings. The van der Waals surface area contributed by atoms with E-state index < -0.39 is 0 Å². The van der Waals surface area contributed by atoms with Gasteiger partial charge in [0.25, 0.3) is 0 Å². The molecule has 1 saturated heterocycles. The van der Waals surface area contributed by atoms with Gasteiger partial charge in [0.15, 0.2) is 12.6 Å². The number of ether oxygens (including phenoxy) is 3. The molecular formula is C16H20O4. The first kappa shape index (κ1) is 14.6. The number of rotatable bonds is 6. The van der Waals surface area contributed by atoms with Crippen molar-refractivity contribution in [2.45, 2.75) is 32.0 Å². The molecule has 0 N–H and O–H groups in total. The Balaban J connectivity index is 2.27. The van der Waals surface area contributed by atoms with E-state index in [2.05, 4.69) is 6.58 Å². The van der Waals surface area contributed by atoms with Gasteiger partial charge >= 0.3 is 0 Å². The van der Waals surface area contributed by atoms with Gasteiger partial charge in [0.05, 0.1) is 19.3 Å². The molecule has 0 bridgehead atoms. The minimum atomic E-state index is -0.223. The summed E-state index contributed by atoms with van der Waals surface area (Å²) in [7, 11) is 1.54. The zero-order valence-corrected chi connectivity index (χ0v) is 11.8. The molecule has 1 aliphatic rings. The van der Waals surface area contributed by atoms with E-state index in [-0.39, 0.29) is 6.29 Å². The van der Waals surface area contributed by atoms with E-state index >= 15 is 0 Å². The summed E-state index contributed by atoms with van der Waals surface area (Å²) >= 11 is 0. The zero-order chi connectivity index (χ0) is 14.4. The zero-order valence-electron chi connectivity index (χ0n) is 11.8. The van der Waals surface area contributed by atoms with Gasteiger partial charge in [0.1, 0.15) is 11.5 Å². The lowest BCUT2D eigenvalue weighted by Gasteiger charge is -2.25. The van der Waals surface area contributed by atoms with Crippen molar-refractivity contribution in [2.24, 2.45) is 0 Å². The van der Waals surface area contributed by atoms with Crippen LogP contribution in [0.1, 0.15) is 35.2 Å². The van der Waals surface area contributed by atoms with E-state index in [1.165, 1.54) is 7.11 Å². The predicted molar refractivity (Wildman–Crippen MR) is 76.5 cm³/mol. The number of aldehydes is 1. The van der Waals surface area contributed by atoms with Crippen LogP contribution >= 0.6 is 0 Å². The summed E-state index contributed by atoms with van der Waals surface area (Å²) in [5.41, 5.74) is 1.43. The van der Waals surface area contributed by atoms with Crippen LogP contribution in [0.15, 0.2) is 24.8 Å². The third kappa shape index (κ3) is 3.39. The molecule has 0 saturated carbocycles. The van der Waals surface area contributed by atoms with Crippen LogP contribution in [0.5, 0.6) is 11.5 Å². The Kier molecular flexibility index (Phi) is 5.18. The lowest BCUT2D eigenvalue weighted by molar-refractivity contribution is -0.106. The Labute approximate surface area is 119 Å². The van der Waals surface area contributed by atoms with Crippen molar-refractivity contribution >= 4 is 6.29 Å². The van der Waals surface area contributed by atoms with Gasteiger partial charge in [-0.25, -0.2) is 0 Å². The van der Waals surface area contributed by atoms with Gasteiger partial charge in [0, 0.05) is 12.5 Å². The Morgan fingerprint density at radius 2 is 2.25 bits per heavy atom. The van der Waals surface area contributed by atoms with Crippen LogP contribution in [-0.4, -0.2) is 26.3 Å². The number of hydrogen-bond donors (Lipinski definition) is 0. The van der Waals surface area contributed by atoms with Crippen molar-refractivity contribution in [1.29, 1.82) is 0 Å². The molecule has 0 aromatic heterocycles. The van der Waals surface area contributed by atoms with Crippen LogP contribution in [0, 0.1) is 0 Å². The fourth-order valence-electron chi connectivity index (χ4n) is 2.26. The quantitative estimate of drug-likeness (QED) is 0.591. The highest BCUT2D eigenvalue weighted by atomic mass is 16.7. The van der Waals surface area contributed by atoms with E-state index in [1.54, 1.807) is 18.2 Å². The molecule has 4 heteroatoms. The normalized spacial score (nSPS) is 18.4. The Morgan fingerprint density at radius 3 is 2.85 bits per heavy atom. The fraction of sp³-hybridized carbons (Fsp3) is 0.438. The van der Waals surface area contributed by atoms with Gasteiger partial charge in [-0.1, -0.05) is 6.08 Å². The number of allylic oxidation sites excluding steroid dienone is 1. The van der Waals surface area contributed by atoms with E-state index in [0.29, 0.717) is 23.5 Å². The highest BCUT2D eigenvalue weighted by Crippen LogP contribution is 2.31. The molecule has 1 heterocycles. The van der Waals surface area contributed by atoms with Crippen molar-refractivity contribution in [3.05, 3.63) is 35.9 Å². The lowest BCUT2D eigenvalue weighted by Crippen LogP contribution is -2.25. The van der Waals surface area contributed by atoms with E-state index in [1.807, 2.05) is 0 Å². The summed E-state index contributed by atoms with van der Waals surface area (Å²) < 4.78 is 16.7. The first-order chi connectivity index (χ1) is 9.78. The van der Waals surface area contributed by atoms with Crippen LogP contribution in [0.4, 0.5) is 0 Å². The summed E-state index contributed by atoms with van der Waals surface area (Å²) in [6.07, 6.45) is 6.03. The molecule has 1 aromatic carbocycles. The van der Waals surface area contributed by atoms with Crippen molar-refractivity contribution in [1.82, 2.24) is 0 Å². The smallest absolute Gasteiger partial charge is 0.199 e. The molecule has 1 aromatic rings. The molecule has 108 valence electrons. The average molecular weight is 276 g/mol. The SMILES string of the molecule is C=CCc1cc(C=O)c(OC)cc1OC1CCCCO1. The van der Waals surface area contributed by atoms with Crippen LogP contribution in [0.2, 0.25) is 0 Å². The molecule has 0 amide bonds. The minimum absolute atomic E-state index is 0.223. The highest BCUT2D eigenvalue weighted by molar-refractivity contribution is 5.80. The second-order valence-corrected chi connectivity index (χ2v) is 4.73. The van der Waals surface area contributed by atoms with Gasteiger partial charge in [-0.2, -0.15) is 0 Å². The highest BCUT2D eigenvalue weighted by Gasteiger charge is 2.18. The molecule has 1 aliphatic heterocycles. The van der Waals surface area contributed by atoms with Gasteiger partial charge < -0.3 is 14.2 Å². The number of hydrogen-bond acceptors (Lipinski definition) is 4. The van der Waals surface area contributed by atoms with Gasteiger partial charge in [-0.3, -0.25) is 4.79 Å². The first-order valence-corrected chi connectivity index (χ1v) is 6.83. The maximum atomic E-state index is 11.1. The number of methoxy groups -OCH3 is 1. The molecule has 4 nitrogen and oxygen atoms in total. The topological polar surface area (TPSA) is 44.8 Å². The van der Waals surface area contributed by atoms with Crippen molar-refractivity contribution in [3.63, 3.8) is 0 Å². The summed E-state index contributed by atoms with van der Waals surface area (Å²) in [6, 6.07) is 3.53. The Bertz CT molecular complexity index is 476. The number of benzene rings is 1. The van der Waals surface area contributed by atoms with E-state index in [9.17, 15) is 4.79 Å². The van der Waals surface area contributed by atoms with Crippen LogP contribution in [0.3, 0.4) is 0 Å². The lowest BCUT2D eigenvalue weighted by atomic mass is 10.1. The number of carbonyl (C=O) groups is 1. The summed E-state index contributed by atoms with van der Waals surface area (Å²) in [5, 5.41) is 0. The van der Waals surface area contributed by atoms with Gasteiger partial charge in [0.2, 0.25) is 0 Å². The van der Waals surface area contributed by atoms with Crippen LogP contribution in [0.25, 0.3) is 0 Å². The molecule has 0 aliphatic carbocycles. The fourth-order valence-corrected chi connectivity index (χ4v) is 2.26. The van der Waals surface area contributed by atoms with Crippen molar-refractivity contribution < 1.29 is 19.0 Å². The molecule has 1 atom stereocenters. The second-order valence-electron chi connectivity index (χ2n) is 4.73. The van der Waals surface area contributed by atoms with E-state index in [0.717, 1.165) is 37.7 Å². The van der Waals surface area contributed by atoms with Crippen LogP contribution < -0.4 is 9.47 Å². The van der Waals surface area contributed by atoms with Gasteiger partial charge in [-0.05, 0) is 30.9 Å². The summed E-state index contributed by atoms with van der Waals surface area (Å²) in [6.45, 7) is 4.46. The Hall–Kier alpha value is -1.81. The van der Waals surface area contributed by atoms with Crippen molar-refractivity contribution in [3.8, 4) is 11.5 Å². The van der Waals surface area contributed by atoms with Crippen molar-refractivity contribution in [2.75, 3.05) is 13.7 Å². The summed E-state index contributed by atoms with van der Waals surface area (Å²) in [4.78, 5) is 11.1. The molecule has 0 spiro atoms. The molecule has 20 heavy (non-hydrogen) atoms. The van der Waals surface area contributed by atoms with Gasteiger partial charge in [-0.15, -0.1) is 6.58 Å². The van der Waals surface area contributed by atoms with E-state index in [4.69, 9.17) is 14.2 Å². The standard InChI is InChI=1S/C16H20O4/c1-3-6-12-9-13(11-17)14(18-2)10-15(12)20-16-7-4-5-8-19-16/h3,9-11,16H,1,4-8H2,2H3. The maximum Gasteiger partial charge on any atom is 0.199 e. The molecule has 1 unspecified atom stereocenters. The third-order valence-electron chi connectivity index (χ3n) is 3.30.